The number of aliphatic hydroxyl groups excluding tert-OH is 1. The zero-order valence-corrected chi connectivity index (χ0v) is 11.0. The predicted octanol–water partition coefficient (Wildman–Crippen LogP) is 2.50. The first kappa shape index (κ1) is 14.1. The van der Waals surface area contributed by atoms with Crippen LogP contribution in [0.4, 0.5) is 0 Å². The Morgan fingerprint density at radius 3 is 2.10 bits per heavy atom. The highest BCUT2D eigenvalue weighted by molar-refractivity contribution is 5.87. The second-order valence-electron chi connectivity index (χ2n) is 4.41. The highest BCUT2D eigenvalue weighted by Crippen LogP contribution is 2.15. The first-order valence-corrected chi connectivity index (χ1v) is 6.34. The Morgan fingerprint density at radius 2 is 1.55 bits per heavy atom. The van der Waals surface area contributed by atoms with Crippen molar-refractivity contribution in [2.75, 3.05) is 6.61 Å². The Kier molecular flexibility index (Phi) is 4.74. The van der Waals surface area contributed by atoms with Gasteiger partial charge in [0, 0.05) is 6.61 Å². The van der Waals surface area contributed by atoms with E-state index in [4.69, 9.17) is 14.9 Å². The molecular formula is C16H16O4. The Hall–Kier alpha value is -2.33. The van der Waals surface area contributed by atoms with Crippen molar-refractivity contribution < 1.29 is 19.7 Å². The van der Waals surface area contributed by atoms with Gasteiger partial charge in [-0.25, -0.2) is 4.79 Å². The van der Waals surface area contributed by atoms with Gasteiger partial charge < -0.3 is 14.9 Å². The Morgan fingerprint density at radius 1 is 0.950 bits per heavy atom. The van der Waals surface area contributed by atoms with Crippen LogP contribution in [0.15, 0.2) is 48.5 Å². The Labute approximate surface area is 117 Å². The number of hydrogen-bond acceptors (Lipinski definition) is 3. The van der Waals surface area contributed by atoms with E-state index < -0.39 is 5.97 Å². The maximum atomic E-state index is 10.7. The van der Waals surface area contributed by atoms with Crippen LogP contribution in [-0.2, 0) is 13.0 Å². The van der Waals surface area contributed by atoms with Crippen LogP contribution in [0.2, 0.25) is 0 Å². The first-order chi connectivity index (χ1) is 9.69. The van der Waals surface area contributed by atoms with Gasteiger partial charge >= 0.3 is 5.97 Å². The van der Waals surface area contributed by atoms with Gasteiger partial charge in [-0.05, 0) is 41.8 Å². The second kappa shape index (κ2) is 6.73. The number of hydrogen-bond donors (Lipinski definition) is 2. The van der Waals surface area contributed by atoms with Crippen molar-refractivity contribution in [2.24, 2.45) is 0 Å². The quantitative estimate of drug-likeness (QED) is 0.848. The third kappa shape index (κ3) is 3.83. The van der Waals surface area contributed by atoms with Crippen LogP contribution < -0.4 is 4.74 Å². The van der Waals surface area contributed by atoms with Crippen molar-refractivity contribution in [3.05, 3.63) is 65.2 Å². The highest BCUT2D eigenvalue weighted by atomic mass is 16.5. The maximum Gasteiger partial charge on any atom is 0.335 e. The smallest absolute Gasteiger partial charge is 0.335 e. The molecule has 0 unspecified atom stereocenters. The van der Waals surface area contributed by atoms with Gasteiger partial charge in [0.05, 0.1) is 5.56 Å². The first-order valence-electron chi connectivity index (χ1n) is 6.34. The molecule has 0 saturated heterocycles. The van der Waals surface area contributed by atoms with Gasteiger partial charge in [-0.3, -0.25) is 0 Å². The minimum atomic E-state index is -0.933. The largest absolute Gasteiger partial charge is 0.489 e. The minimum absolute atomic E-state index is 0.135. The van der Waals surface area contributed by atoms with Crippen LogP contribution in [-0.4, -0.2) is 22.8 Å². The molecule has 2 N–H and O–H groups in total. The molecule has 0 spiro atoms. The zero-order chi connectivity index (χ0) is 14.4. The molecule has 0 atom stereocenters. The van der Waals surface area contributed by atoms with Crippen molar-refractivity contribution in [1.29, 1.82) is 0 Å². The minimum Gasteiger partial charge on any atom is -0.489 e. The molecule has 104 valence electrons. The summed E-state index contributed by atoms with van der Waals surface area (Å²) in [5.41, 5.74) is 2.24. The summed E-state index contributed by atoms with van der Waals surface area (Å²) < 4.78 is 5.62. The molecule has 4 heteroatoms. The lowest BCUT2D eigenvalue weighted by Crippen LogP contribution is -1.99. The topological polar surface area (TPSA) is 66.8 Å². The molecule has 0 aliphatic heterocycles. The summed E-state index contributed by atoms with van der Waals surface area (Å²) in [5, 5.41) is 17.6. The number of aliphatic hydroxyl groups is 1. The van der Waals surface area contributed by atoms with Gasteiger partial charge in [-0.1, -0.05) is 24.3 Å². The fourth-order valence-corrected chi connectivity index (χ4v) is 1.79. The maximum absolute atomic E-state index is 10.7. The molecule has 0 radical (unpaired) electrons. The summed E-state index contributed by atoms with van der Waals surface area (Å²) in [6.45, 7) is 0.523. The second-order valence-corrected chi connectivity index (χ2v) is 4.41. The molecule has 0 aliphatic carbocycles. The molecular weight excluding hydrogens is 256 g/mol. The molecule has 0 heterocycles. The third-order valence-electron chi connectivity index (χ3n) is 2.93. The van der Waals surface area contributed by atoms with E-state index in [1.54, 1.807) is 24.3 Å². The van der Waals surface area contributed by atoms with E-state index in [1.165, 1.54) is 0 Å². The molecule has 0 saturated carbocycles. The highest BCUT2D eigenvalue weighted by Gasteiger charge is 2.02. The van der Waals surface area contributed by atoms with Gasteiger partial charge in [0.1, 0.15) is 12.4 Å². The SMILES string of the molecule is O=C(O)c1ccc(COc2ccc(CCO)cc2)cc1. The van der Waals surface area contributed by atoms with E-state index in [9.17, 15) is 4.79 Å². The molecule has 2 aromatic carbocycles. The van der Waals surface area contributed by atoms with E-state index in [1.807, 2.05) is 24.3 Å². The van der Waals surface area contributed by atoms with E-state index in [-0.39, 0.29) is 12.2 Å². The fourth-order valence-electron chi connectivity index (χ4n) is 1.79. The van der Waals surface area contributed by atoms with Crippen LogP contribution >= 0.6 is 0 Å². The van der Waals surface area contributed by atoms with Gasteiger partial charge in [0.25, 0.3) is 0 Å². The summed E-state index contributed by atoms with van der Waals surface area (Å²) in [5.74, 6) is -0.189. The third-order valence-corrected chi connectivity index (χ3v) is 2.93. The van der Waals surface area contributed by atoms with Crippen molar-refractivity contribution in [2.45, 2.75) is 13.0 Å². The lowest BCUT2D eigenvalue weighted by molar-refractivity contribution is 0.0697. The van der Waals surface area contributed by atoms with Gasteiger partial charge in [0.2, 0.25) is 0 Å². The molecule has 2 aromatic rings. The average molecular weight is 272 g/mol. The standard InChI is InChI=1S/C16H16O4/c17-10-9-12-3-7-15(8-4-12)20-11-13-1-5-14(6-2-13)16(18)19/h1-8,17H,9-11H2,(H,18,19). The number of benzene rings is 2. The number of rotatable bonds is 6. The van der Waals surface area contributed by atoms with Crippen LogP contribution in [0.1, 0.15) is 21.5 Å². The van der Waals surface area contributed by atoms with Crippen molar-refractivity contribution in [1.82, 2.24) is 0 Å². The van der Waals surface area contributed by atoms with E-state index in [0.717, 1.165) is 16.9 Å². The summed E-state index contributed by atoms with van der Waals surface area (Å²) in [7, 11) is 0. The molecule has 2 rings (SSSR count). The molecule has 0 bridgehead atoms. The lowest BCUT2D eigenvalue weighted by Gasteiger charge is -2.07. The Bertz CT molecular complexity index is 558. The number of carbonyl (C=O) groups is 1. The Balaban J connectivity index is 1.92. The number of ether oxygens (including phenoxy) is 1. The predicted molar refractivity (Wildman–Crippen MR) is 75.0 cm³/mol. The summed E-state index contributed by atoms with van der Waals surface area (Å²) in [4.78, 5) is 10.7. The van der Waals surface area contributed by atoms with Crippen molar-refractivity contribution in [3.8, 4) is 5.75 Å². The summed E-state index contributed by atoms with van der Waals surface area (Å²) in [6.07, 6.45) is 0.636. The summed E-state index contributed by atoms with van der Waals surface area (Å²) >= 11 is 0. The molecule has 0 fully saturated rings. The molecule has 20 heavy (non-hydrogen) atoms. The van der Waals surface area contributed by atoms with Crippen molar-refractivity contribution in [3.63, 3.8) is 0 Å². The number of carboxylic acid groups (broad SMARTS) is 1. The van der Waals surface area contributed by atoms with E-state index >= 15 is 0 Å². The van der Waals surface area contributed by atoms with Crippen LogP contribution in [0.3, 0.4) is 0 Å². The number of carboxylic acids is 1. The monoisotopic (exact) mass is 272 g/mol. The summed E-state index contributed by atoms with van der Waals surface area (Å²) in [6, 6.07) is 14.1. The average Bonchev–Trinajstić information content (AvgIpc) is 2.47. The molecule has 0 aliphatic rings. The van der Waals surface area contributed by atoms with Crippen LogP contribution in [0.25, 0.3) is 0 Å². The van der Waals surface area contributed by atoms with Crippen LogP contribution in [0, 0.1) is 0 Å². The lowest BCUT2D eigenvalue weighted by atomic mass is 10.1. The van der Waals surface area contributed by atoms with Gasteiger partial charge in [0.15, 0.2) is 0 Å². The van der Waals surface area contributed by atoms with Gasteiger partial charge in [-0.15, -0.1) is 0 Å². The molecule has 0 amide bonds. The number of aromatic carboxylic acids is 1. The normalized spacial score (nSPS) is 10.2. The fraction of sp³-hybridized carbons (Fsp3) is 0.188. The molecule has 0 aromatic heterocycles. The van der Waals surface area contributed by atoms with Crippen LogP contribution in [0.5, 0.6) is 5.75 Å². The van der Waals surface area contributed by atoms with E-state index in [2.05, 4.69) is 0 Å². The zero-order valence-electron chi connectivity index (χ0n) is 11.0. The molecule has 4 nitrogen and oxygen atoms in total. The van der Waals surface area contributed by atoms with Crippen molar-refractivity contribution >= 4 is 5.97 Å². The van der Waals surface area contributed by atoms with E-state index in [0.29, 0.717) is 13.0 Å². The van der Waals surface area contributed by atoms with Gasteiger partial charge in [-0.2, -0.15) is 0 Å².